The molecule has 0 unspecified atom stereocenters. The van der Waals surface area contributed by atoms with Crippen molar-refractivity contribution in [3.63, 3.8) is 0 Å². The van der Waals surface area contributed by atoms with Gasteiger partial charge in [-0.3, -0.25) is 4.79 Å². The standard InChI is InChI=1S/C16H19NO5S/c1-17(14-9-10-23(20,21)12-14)15(18)11-22-16(19)8-7-13-5-3-2-4-6-13/h2-8,14H,9-12H2,1H3/b8-7+/t14-/m0/s1. The predicted octanol–water partition coefficient (Wildman–Crippen LogP) is 0.889. The van der Waals surface area contributed by atoms with E-state index < -0.39 is 28.3 Å². The first kappa shape index (κ1) is 17.2. The highest BCUT2D eigenvalue weighted by Gasteiger charge is 2.32. The summed E-state index contributed by atoms with van der Waals surface area (Å²) in [6.07, 6.45) is 3.27. The van der Waals surface area contributed by atoms with Gasteiger partial charge in [0.2, 0.25) is 0 Å². The molecule has 1 saturated heterocycles. The summed E-state index contributed by atoms with van der Waals surface area (Å²) in [7, 11) is -1.53. The molecule has 124 valence electrons. The van der Waals surface area contributed by atoms with E-state index in [-0.39, 0.29) is 17.5 Å². The SMILES string of the molecule is CN(C(=O)COC(=O)/C=C/c1ccccc1)[C@H]1CCS(=O)(=O)C1. The van der Waals surface area contributed by atoms with E-state index in [1.165, 1.54) is 18.0 Å². The van der Waals surface area contributed by atoms with E-state index in [9.17, 15) is 18.0 Å². The summed E-state index contributed by atoms with van der Waals surface area (Å²) < 4.78 is 27.7. The van der Waals surface area contributed by atoms with Crippen molar-refractivity contribution in [2.45, 2.75) is 12.5 Å². The predicted molar refractivity (Wildman–Crippen MR) is 86.3 cm³/mol. The molecule has 0 spiro atoms. The molecule has 7 heteroatoms. The normalized spacial score (nSPS) is 19.6. The van der Waals surface area contributed by atoms with Crippen LogP contribution in [0.3, 0.4) is 0 Å². The average molecular weight is 337 g/mol. The summed E-state index contributed by atoms with van der Waals surface area (Å²) in [4.78, 5) is 24.9. The number of likely N-dealkylation sites (N-methyl/N-ethyl adjacent to an activating group) is 1. The molecule has 23 heavy (non-hydrogen) atoms. The molecule has 1 aromatic carbocycles. The number of sulfone groups is 1. The minimum Gasteiger partial charge on any atom is -0.452 e. The largest absolute Gasteiger partial charge is 0.452 e. The molecule has 1 heterocycles. The van der Waals surface area contributed by atoms with Crippen LogP contribution < -0.4 is 0 Å². The Kier molecular flexibility index (Phi) is 5.54. The number of ether oxygens (including phenoxy) is 1. The molecular weight excluding hydrogens is 318 g/mol. The molecule has 0 bridgehead atoms. The van der Waals surface area contributed by atoms with Gasteiger partial charge in [0.25, 0.3) is 5.91 Å². The van der Waals surface area contributed by atoms with Crippen LogP contribution in [-0.4, -0.2) is 56.4 Å². The smallest absolute Gasteiger partial charge is 0.331 e. The fraction of sp³-hybridized carbons (Fsp3) is 0.375. The molecule has 0 aromatic heterocycles. The van der Waals surface area contributed by atoms with Crippen molar-refractivity contribution < 1.29 is 22.7 Å². The van der Waals surface area contributed by atoms with Gasteiger partial charge >= 0.3 is 5.97 Å². The van der Waals surface area contributed by atoms with Gasteiger partial charge < -0.3 is 9.64 Å². The van der Waals surface area contributed by atoms with Crippen LogP contribution in [-0.2, 0) is 24.2 Å². The van der Waals surface area contributed by atoms with Crippen molar-refractivity contribution in [3.05, 3.63) is 42.0 Å². The number of nitrogens with zero attached hydrogens (tertiary/aromatic N) is 1. The molecule has 0 aliphatic carbocycles. The first-order valence-corrected chi connectivity index (χ1v) is 9.05. The molecule has 1 amide bonds. The Morgan fingerprint density at radius 3 is 2.61 bits per heavy atom. The van der Waals surface area contributed by atoms with Crippen LogP contribution in [0.1, 0.15) is 12.0 Å². The molecule has 1 atom stereocenters. The summed E-state index contributed by atoms with van der Waals surface area (Å²) in [5.41, 5.74) is 0.851. The number of benzene rings is 1. The highest BCUT2D eigenvalue weighted by Crippen LogP contribution is 2.16. The number of hydrogen-bond donors (Lipinski definition) is 0. The lowest BCUT2D eigenvalue weighted by atomic mass is 10.2. The summed E-state index contributed by atoms with van der Waals surface area (Å²) >= 11 is 0. The molecule has 0 saturated carbocycles. The third kappa shape index (κ3) is 5.21. The zero-order chi connectivity index (χ0) is 16.9. The van der Waals surface area contributed by atoms with E-state index in [1.807, 2.05) is 30.3 Å². The number of amides is 1. The lowest BCUT2D eigenvalue weighted by molar-refractivity contribution is -0.148. The van der Waals surface area contributed by atoms with Crippen LogP contribution >= 0.6 is 0 Å². The maximum atomic E-state index is 11.9. The van der Waals surface area contributed by atoms with Gasteiger partial charge in [-0.25, -0.2) is 13.2 Å². The van der Waals surface area contributed by atoms with Crippen LogP contribution in [0.15, 0.2) is 36.4 Å². The second kappa shape index (κ2) is 7.41. The number of esters is 1. The van der Waals surface area contributed by atoms with E-state index in [0.717, 1.165) is 5.56 Å². The van der Waals surface area contributed by atoms with Gasteiger partial charge in [0.05, 0.1) is 11.5 Å². The van der Waals surface area contributed by atoms with E-state index in [0.29, 0.717) is 6.42 Å². The number of hydrogen-bond acceptors (Lipinski definition) is 5. The molecule has 1 aromatic rings. The van der Waals surface area contributed by atoms with Crippen LogP contribution in [0.2, 0.25) is 0 Å². The second-order valence-electron chi connectivity index (χ2n) is 5.41. The molecule has 2 rings (SSSR count). The van der Waals surface area contributed by atoms with Crippen molar-refractivity contribution >= 4 is 27.8 Å². The Labute approximate surface area is 135 Å². The fourth-order valence-corrected chi connectivity index (χ4v) is 4.07. The molecule has 1 aliphatic heterocycles. The Morgan fingerprint density at radius 2 is 2.00 bits per heavy atom. The Hall–Kier alpha value is -2.15. The van der Waals surface area contributed by atoms with Crippen molar-refractivity contribution in [2.75, 3.05) is 25.2 Å². The van der Waals surface area contributed by atoms with Crippen LogP contribution in [0.4, 0.5) is 0 Å². The Bertz CT molecular complexity index is 696. The molecule has 0 radical (unpaired) electrons. The Balaban J connectivity index is 1.80. The maximum absolute atomic E-state index is 11.9. The summed E-state index contributed by atoms with van der Waals surface area (Å²) in [6.45, 7) is -0.398. The molecule has 0 N–H and O–H groups in total. The van der Waals surface area contributed by atoms with Crippen molar-refractivity contribution in [3.8, 4) is 0 Å². The quantitative estimate of drug-likeness (QED) is 0.589. The van der Waals surface area contributed by atoms with Gasteiger partial charge in [-0.05, 0) is 18.1 Å². The number of rotatable bonds is 5. The zero-order valence-electron chi connectivity index (χ0n) is 12.8. The third-order valence-corrected chi connectivity index (χ3v) is 5.45. The monoisotopic (exact) mass is 337 g/mol. The van der Waals surface area contributed by atoms with Gasteiger partial charge in [0.1, 0.15) is 0 Å². The van der Waals surface area contributed by atoms with Gasteiger partial charge in [-0.1, -0.05) is 30.3 Å². The van der Waals surface area contributed by atoms with E-state index in [1.54, 1.807) is 6.08 Å². The van der Waals surface area contributed by atoms with Gasteiger partial charge in [-0.15, -0.1) is 0 Å². The minimum absolute atomic E-state index is 0.0307. The summed E-state index contributed by atoms with van der Waals surface area (Å²) in [5.74, 6) is -0.963. The van der Waals surface area contributed by atoms with E-state index in [4.69, 9.17) is 4.74 Å². The summed E-state index contributed by atoms with van der Waals surface area (Å²) in [6, 6.07) is 8.89. The van der Waals surface area contributed by atoms with Gasteiger partial charge in [0.15, 0.2) is 16.4 Å². The molecule has 6 nitrogen and oxygen atoms in total. The van der Waals surface area contributed by atoms with Crippen LogP contribution in [0.25, 0.3) is 6.08 Å². The van der Waals surface area contributed by atoms with Gasteiger partial charge in [-0.2, -0.15) is 0 Å². The van der Waals surface area contributed by atoms with Crippen molar-refractivity contribution in [1.82, 2.24) is 4.90 Å². The number of carbonyl (C=O) groups is 2. The lowest BCUT2D eigenvalue weighted by Crippen LogP contribution is -2.40. The Morgan fingerprint density at radius 1 is 1.30 bits per heavy atom. The molecule has 1 aliphatic rings. The maximum Gasteiger partial charge on any atom is 0.331 e. The van der Waals surface area contributed by atoms with Crippen molar-refractivity contribution in [1.29, 1.82) is 0 Å². The topological polar surface area (TPSA) is 80.8 Å². The third-order valence-electron chi connectivity index (χ3n) is 3.70. The fourth-order valence-electron chi connectivity index (χ4n) is 2.30. The molecular formula is C16H19NO5S. The highest BCUT2D eigenvalue weighted by molar-refractivity contribution is 7.91. The first-order valence-electron chi connectivity index (χ1n) is 7.23. The zero-order valence-corrected chi connectivity index (χ0v) is 13.7. The lowest BCUT2D eigenvalue weighted by Gasteiger charge is -2.22. The van der Waals surface area contributed by atoms with E-state index >= 15 is 0 Å². The number of carbonyl (C=O) groups excluding carboxylic acids is 2. The first-order chi connectivity index (χ1) is 10.9. The molecule has 1 fully saturated rings. The van der Waals surface area contributed by atoms with E-state index in [2.05, 4.69) is 0 Å². The highest BCUT2D eigenvalue weighted by atomic mass is 32.2. The summed E-state index contributed by atoms with van der Waals surface area (Å²) in [5, 5.41) is 0. The van der Waals surface area contributed by atoms with Gasteiger partial charge in [0, 0.05) is 19.2 Å². The van der Waals surface area contributed by atoms with Crippen LogP contribution in [0.5, 0.6) is 0 Å². The second-order valence-corrected chi connectivity index (χ2v) is 7.64. The van der Waals surface area contributed by atoms with Crippen LogP contribution in [0, 0.1) is 0 Å². The minimum atomic E-state index is -3.06. The average Bonchev–Trinajstić information content (AvgIpc) is 2.90. The van der Waals surface area contributed by atoms with Crippen molar-refractivity contribution in [2.24, 2.45) is 0 Å².